The molecule has 32 heavy (non-hydrogen) atoms. The van der Waals surface area contributed by atoms with Crippen molar-refractivity contribution >= 4 is 17.5 Å². The molecule has 0 unspecified atom stereocenters. The minimum absolute atomic E-state index is 0.290. The summed E-state index contributed by atoms with van der Waals surface area (Å²) < 4.78 is 6.14. The molecule has 0 aliphatic rings. The number of hydrogen-bond donors (Lipinski definition) is 2. The van der Waals surface area contributed by atoms with E-state index in [0.29, 0.717) is 17.4 Å². The number of nitrogen functional groups attached to an aromatic ring is 1. The van der Waals surface area contributed by atoms with E-state index >= 15 is 0 Å². The average Bonchev–Trinajstić information content (AvgIpc) is 2.76. The lowest BCUT2D eigenvalue weighted by Crippen LogP contribution is -2.03. The number of aromatic nitrogens is 2. The van der Waals surface area contributed by atoms with Gasteiger partial charge in [0.2, 0.25) is 11.8 Å². The average molecular weight is 422 g/mol. The van der Waals surface area contributed by atoms with E-state index in [1.165, 1.54) is 11.1 Å². The van der Waals surface area contributed by atoms with Gasteiger partial charge in [-0.3, -0.25) is 0 Å². The van der Waals surface area contributed by atoms with Crippen molar-refractivity contribution in [1.82, 2.24) is 9.97 Å². The number of anilines is 3. The molecular weight excluding hydrogens is 398 g/mol. The summed E-state index contributed by atoms with van der Waals surface area (Å²) in [5.41, 5.74) is 12.9. The van der Waals surface area contributed by atoms with Crippen LogP contribution in [0, 0.1) is 32.1 Å². The molecule has 4 rings (SSSR count). The number of nitrogens with two attached hydrogens (primary N) is 1. The molecule has 6 nitrogen and oxygen atoms in total. The van der Waals surface area contributed by atoms with Gasteiger partial charge in [-0.2, -0.15) is 15.2 Å². The van der Waals surface area contributed by atoms with E-state index in [-0.39, 0.29) is 5.82 Å². The van der Waals surface area contributed by atoms with Crippen LogP contribution in [0.15, 0.2) is 66.7 Å². The number of nitrogens with one attached hydrogen (secondary N) is 1. The first-order valence-corrected chi connectivity index (χ1v) is 10.2. The van der Waals surface area contributed by atoms with Crippen molar-refractivity contribution in [2.75, 3.05) is 11.1 Å². The molecule has 0 aliphatic heterocycles. The first kappa shape index (κ1) is 20.9. The summed E-state index contributed by atoms with van der Waals surface area (Å²) in [5, 5.41) is 12.0. The highest BCUT2D eigenvalue weighted by Gasteiger charge is 2.12. The molecule has 1 aromatic heterocycles. The molecule has 0 saturated heterocycles. The minimum atomic E-state index is 0.290. The van der Waals surface area contributed by atoms with E-state index in [1.807, 2.05) is 26.0 Å². The zero-order valence-corrected chi connectivity index (χ0v) is 18.2. The van der Waals surface area contributed by atoms with Crippen LogP contribution in [0.4, 0.5) is 17.5 Å². The standard InChI is InChI=1S/C26H23N5O/c1-16-6-4-5-7-22(16)20-12-17(2)25(18(3)13-20)32-24-14-23(28)30-26(31-24)29-21-10-8-19(15-27)9-11-21/h4-14H,1-3H3,(H3,28,29,30,31). The smallest absolute Gasteiger partial charge is 0.232 e. The molecule has 0 amide bonds. The van der Waals surface area contributed by atoms with E-state index in [9.17, 15) is 0 Å². The van der Waals surface area contributed by atoms with E-state index in [1.54, 1.807) is 30.3 Å². The maximum atomic E-state index is 8.94. The third kappa shape index (κ3) is 4.52. The predicted octanol–water partition coefficient (Wildman–Crippen LogP) is 6.06. The monoisotopic (exact) mass is 421 g/mol. The van der Waals surface area contributed by atoms with Crippen molar-refractivity contribution in [2.45, 2.75) is 20.8 Å². The summed E-state index contributed by atoms with van der Waals surface area (Å²) in [4.78, 5) is 8.69. The Hall–Kier alpha value is -4.37. The van der Waals surface area contributed by atoms with E-state index < -0.39 is 0 Å². The van der Waals surface area contributed by atoms with Gasteiger partial charge in [0.05, 0.1) is 11.6 Å². The molecule has 1 heterocycles. The third-order valence-corrected chi connectivity index (χ3v) is 5.12. The number of benzene rings is 3. The number of nitriles is 1. The van der Waals surface area contributed by atoms with Gasteiger partial charge in [0.25, 0.3) is 0 Å². The number of hydrogen-bond acceptors (Lipinski definition) is 6. The Morgan fingerprint density at radius 3 is 2.22 bits per heavy atom. The molecule has 0 atom stereocenters. The fraction of sp³-hybridized carbons (Fsp3) is 0.115. The molecule has 4 aromatic rings. The molecule has 158 valence electrons. The van der Waals surface area contributed by atoms with Crippen LogP contribution in [0.3, 0.4) is 0 Å². The Morgan fingerprint density at radius 2 is 1.56 bits per heavy atom. The summed E-state index contributed by atoms with van der Waals surface area (Å²) in [5.74, 6) is 1.70. The quantitative estimate of drug-likeness (QED) is 0.407. The van der Waals surface area contributed by atoms with E-state index in [2.05, 4.69) is 52.5 Å². The Kier molecular flexibility index (Phi) is 5.73. The normalized spacial score (nSPS) is 10.4. The van der Waals surface area contributed by atoms with Gasteiger partial charge in [0, 0.05) is 11.8 Å². The minimum Gasteiger partial charge on any atom is -0.438 e. The number of nitrogens with zero attached hydrogens (tertiary/aromatic N) is 3. The van der Waals surface area contributed by atoms with Crippen LogP contribution in [0.5, 0.6) is 11.6 Å². The van der Waals surface area contributed by atoms with Crippen LogP contribution in [-0.4, -0.2) is 9.97 Å². The van der Waals surface area contributed by atoms with Crippen molar-refractivity contribution in [3.63, 3.8) is 0 Å². The summed E-state index contributed by atoms with van der Waals surface area (Å²) in [6, 6.07) is 23.2. The van der Waals surface area contributed by atoms with Crippen LogP contribution in [0.1, 0.15) is 22.3 Å². The van der Waals surface area contributed by atoms with Gasteiger partial charge in [-0.1, -0.05) is 24.3 Å². The van der Waals surface area contributed by atoms with Crippen LogP contribution in [0.25, 0.3) is 11.1 Å². The number of aryl methyl sites for hydroxylation is 3. The first-order chi connectivity index (χ1) is 15.4. The lowest BCUT2D eigenvalue weighted by molar-refractivity contribution is 0.456. The highest BCUT2D eigenvalue weighted by Crippen LogP contribution is 2.34. The highest BCUT2D eigenvalue weighted by atomic mass is 16.5. The van der Waals surface area contributed by atoms with Crippen LogP contribution in [0.2, 0.25) is 0 Å². The largest absolute Gasteiger partial charge is 0.438 e. The molecule has 0 fully saturated rings. The van der Waals surface area contributed by atoms with Crippen molar-refractivity contribution in [3.05, 3.63) is 89.0 Å². The molecule has 0 radical (unpaired) electrons. The summed E-state index contributed by atoms with van der Waals surface area (Å²) in [6.45, 7) is 6.14. The lowest BCUT2D eigenvalue weighted by atomic mass is 9.96. The van der Waals surface area contributed by atoms with Crippen LogP contribution in [-0.2, 0) is 0 Å². The lowest BCUT2D eigenvalue weighted by Gasteiger charge is -2.15. The maximum Gasteiger partial charge on any atom is 0.232 e. The number of ether oxygens (including phenoxy) is 1. The van der Waals surface area contributed by atoms with Crippen LogP contribution < -0.4 is 15.8 Å². The summed E-state index contributed by atoms with van der Waals surface area (Å²) in [7, 11) is 0. The molecule has 0 spiro atoms. The summed E-state index contributed by atoms with van der Waals surface area (Å²) >= 11 is 0. The van der Waals surface area contributed by atoms with Crippen molar-refractivity contribution in [3.8, 4) is 28.8 Å². The van der Waals surface area contributed by atoms with Gasteiger partial charge in [-0.05, 0) is 85.0 Å². The van der Waals surface area contributed by atoms with Gasteiger partial charge < -0.3 is 15.8 Å². The Balaban J connectivity index is 1.61. The Bertz CT molecular complexity index is 1300. The second-order valence-corrected chi connectivity index (χ2v) is 7.62. The third-order valence-electron chi connectivity index (χ3n) is 5.12. The van der Waals surface area contributed by atoms with Crippen LogP contribution >= 0.6 is 0 Å². The zero-order chi connectivity index (χ0) is 22.7. The molecular formula is C26H23N5O. The predicted molar refractivity (Wildman–Crippen MR) is 127 cm³/mol. The van der Waals surface area contributed by atoms with Gasteiger partial charge in [0.15, 0.2) is 0 Å². The fourth-order valence-electron chi connectivity index (χ4n) is 3.58. The Morgan fingerprint density at radius 1 is 0.875 bits per heavy atom. The van der Waals surface area contributed by atoms with Crippen molar-refractivity contribution < 1.29 is 4.74 Å². The molecule has 0 aliphatic carbocycles. The highest BCUT2D eigenvalue weighted by molar-refractivity contribution is 5.70. The number of rotatable bonds is 5. The second-order valence-electron chi connectivity index (χ2n) is 7.62. The zero-order valence-electron chi connectivity index (χ0n) is 18.2. The Labute approximate surface area is 187 Å². The molecule has 6 heteroatoms. The van der Waals surface area contributed by atoms with Crippen molar-refractivity contribution in [2.24, 2.45) is 0 Å². The van der Waals surface area contributed by atoms with E-state index in [4.69, 9.17) is 15.7 Å². The van der Waals surface area contributed by atoms with Gasteiger partial charge in [0.1, 0.15) is 11.6 Å². The first-order valence-electron chi connectivity index (χ1n) is 10.2. The topological polar surface area (TPSA) is 96.9 Å². The maximum absolute atomic E-state index is 8.94. The van der Waals surface area contributed by atoms with Gasteiger partial charge in [-0.15, -0.1) is 0 Å². The summed E-state index contributed by atoms with van der Waals surface area (Å²) in [6.07, 6.45) is 0. The SMILES string of the molecule is Cc1ccccc1-c1cc(C)c(Oc2cc(N)nc(Nc3ccc(C#N)cc3)n2)c(C)c1. The second kappa shape index (κ2) is 8.78. The molecule has 0 bridgehead atoms. The molecule has 0 saturated carbocycles. The van der Waals surface area contributed by atoms with Gasteiger partial charge >= 0.3 is 0 Å². The molecule has 3 N–H and O–H groups in total. The van der Waals surface area contributed by atoms with Gasteiger partial charge in [-0.25, -0.2) is 0 Å². The molecule has 3 aromatic carbocycles. The van der Waals surface area contributed by atoms with Crippen molar-refractivity contribution in [1.29, 1.82) is 5.26 Å². The fourth-order valence-corrected chi connectivity index (χ4v) is 3.58. The van der Waals surface area contributed by atoms with E-state index in [0.717, 1.165) is 28.1 Å².